The van der Waals surface area contributed by atoms with Gasteiger partial charge in [0.05, 0.1) is 25.3 Å². The first-order valence-corrected chi connectivity index (χ1v) is 8.38. The van der Waals surface area contributed by atoms with Gasteiger partial charge in [-0.3, -0.25) is 0 Å². The van der Waals surface area contributed by atoms with Crippen molar-refractivity contribution in [3.05, 3.63) is 54.1 Å². The number of benzene rings is 1. The lowest BCUT2D eigenvalue weighted by Crippen LogP contribution is -2.36. The van der Waals surface area contributed by atoms with Crippen LogP contribution in [0.4, 0.5) is 0 Å². The van der Waals surface area contributed by atoms with Gasteiger partial charge in [-0.1, -0.05) is 30.4 Å². The first-order valence-electron chi connectivity index (χ1n) is 8.38. The van der Waals surface area contributed by atoms with E-state index in [0.717, 1.165) is 43.0 Å². The Kier molecular flexibility index (Phi) is 5.67. The number of aromatic nitrogens is 2. The molecule has 5 heteroatoms. The van der Waals surface area contributed by atoms with Crippen LogP contribution in [0.25, 0.3) is 6.08 Å². The van der Waals surface area contributed by atoms with Crippen molar-refractivity contribution < 1.29 is 9.47 Å². The first kappa shape index (κ1) is 16.7. The summed E-state index contributed by atoms with van der Waals surface area (Å²) < 4.78 is 13.3. The summed E-state index contributed by atoms with van der Waals surface area (Å²) in [5, 5.41) is 3.60. The van der Waals surface area contributed by atoms with Crippen LogP contribution in [0.2, 0.25) is 0 Å². The van der Waals surface area contributed by atoms with Gasteiger partial charge in [0.1, 0.15) is 11.9 Å². The van der Waals surface area contributed by atoms with Gasteiger partial charge in [-0.2, -0.15) is 0 Å². The van der Waals surface area contributed by atoms with Gasteiger partial charge in [-0.05, 0) is 18.9 Å². The van der Waals surface area contributed by atoms with Gasteiger partial charge in [0, 0.05) is 31.8 Å². The lowest BCUT2D eigenvalue weighted by molar-refractivity contribution is -0.00314. The molecule has 0 spiro atoms. The zero-order chi connectivity index (χ0) is 16.8. The summed E-state index contributed by atoms with van der Waals surface area (Å²) in [6, 6.07) is 8.49. The van der Waals surface area contributed by atoms with E-state index in [1.807, 2.05) is 42.3 Å². The van der Waals surface area contributed by atoms with E-state index in [2.05, 4.69) is 28.5 Å². The average molecular weight is 327 g/mol. The highest BCUT2D eigenvalue weighted by Crippen LogP contribution is 2.27. The molecule has 1 aromatic carbocycles. The van der Waals surface area contributed by atoms with Crippen LogP contribution in [0.3, 0.4) is 0 Å². The fourth-order valence-corrected chi connectivity index (χ4v) is 3.09. The Bertz CT molecular complexity index is 681. The van der Waals surface area contributed by atoms with Gasteiger partial charge in [-0.25, -0.2) is 4.98 Å². The van der Waals surface area contributed by atoms with E-state index in [9.17, 15) is 0 Å². The molecule has 1 saturated heterocycles. The van der Waals surface area contributed by atoms with E-state index in [0.29, 0.717) is 6.04 Å². The molecular weight excluding hydrogens is 302 g/mol. The number of hydrogen-bond acceptors (Lipinski definition) is 4. The molecule has 1 aliphatic heterocycles. The minimum absolute atomic E-state index is 0.127. The predicted octanol–water partition coefficient (Wildman–Crippen LogP) is 2.95. The average Bonchev–Trinajstić information content (AvgIpc) is 3.05. The van der Waals surface area contributed by atoms with Crippen molar-refractivity contribution in [2.45, 2.75) is 25.0 Å². The van der Waals surface area contributed by atoms with Crippen molar-refractivity contribution in [2.75, 3.05) is 20.3 Å². The van der Waals surface area contributed by atoms with E-state index in [1.54, 1.807) is 7.11 Å². The molecule has 0 radical (unpaired) electrons. The van der Waals surface area contributed by atoms with Gasteiger partial charge < -0.3 is 19.4 Å². The van der Waals surface area contributed by atoms with E-state index in [-0.39, 0.29) is 6.10 Å². The molecule has 0 aliphatic carbocycles. The molecule has 5 nitrogen and oxygen atoms in total. The minimum Gasteiger partial charge on any atom is -0.496 e. The molecule has 2 aromatic rings. The predicted molar refractivity (Wildman–Crippen MR) is 95.0 cm³/mol. The van der Waals surface area contributed by atoms with Crippen molar-refractivity contribution in [3.8, 4) is 5.75 Å². The molecule has 1 N–H and O–H groups in total. The second-order valence-electron chi connectivity index (χ2n) is 6.06. The SMILES string of the molecule is COc1ccccc1/C=C/CNC1CCOC(c2cncn2C)C1. The molecule has 128 valence electrons. The number of methoxy groups -OCH3 is 1. The normalized spacial score (nSPS) is 21.2. The second kappa shape index (κ2) is 8.13. The molecule has 0 amide bonds. The molecule has 0 saturated carbocycles. The fraction of sp³-hybridized carbons (Fsp3) is 0.421. The largest absolute Gasteiger partial charge is 0.496 e. The Morgan fingerprint density at radius 1 is 1.42 bits per heavy atom. The summed E-state index contributed by atoms with van der Waals surface area (Å²) in [5.41, 5.74) is 2.24. The maximum atomic E-state index is 5.90. The molecule has 1 aliphatic rings. The number of nitrogens with one attached hydrogen (secondary N) is 1. The van der Waals surface area contributed by atoms with E-state index >= 15 is 0 Å². The third-order valence-electron chi connectivity index (χ3n) is 4.43. The number of hydrogen-bond donors (Lipinski definition) is 1. The molecule has 1 aromatic heterocycles. The summed E-state index contributed by atoms with van der Waals surface area (Å²) in [4.78, 5) is 4.19. The lowest BCUT2D eigenvalue weighted by atomic mass is 10.0. The zero-order valence-electron chi connectivity index (χ0n) is 14.3. The van der Waals surface area contributed by atoms with Crippen LogP contribution in [-0.2, 0) is 11.8 Å². The summed E-state index contributed by atoms with van der Waals surface area (Å²) in [5.74, 6) is 0.899. The van der Waals surface area contributed by atoms with Crippen LogP contribution in [0, 0.1) is 0 Å². The van der Waals surface area contributed by atoms with Crippen LogP contribution < -0.4 is 10.1 Å². The third kappa shape index (κ3) is 4.04. The molecule has 0 bridgehead atoms. The monoisotopic (exact) mass is 327 g/mol. The number of ether oxygens (including phenoxy) is 2. The number of rotatable bonds is 6. The highest BCUT2D eigenvalue weighted by atomic mass is 16.5. The summed E-state index contributed by atoms with van der Waals surface area (Å²) >= 11 is 0. The molecule has 2 heterocycles. The number of aryl methyl sites for hydroxylation is 1. The van der Waals surface area contributed by atoms with Crippen LogP contribution in [0.15, 0.2) is 42.9 Å². The standard InChI is InChI=1S/C19H25N3O2/c1-22-14-20-13-17(22)19-12-16(9-11-24-19)21-10-5-7-15-6-3-4-8-18(15)23-2/h3-8,13-14,16,19,21H,9-12H2,1-2H3/b7-5+. The van der Waals surface area contributed by atoms with Crippen LogP contribution in [-0.4, -0.2) is 35.9 Å². The van der Waals surface area contributed by atoms with Gasteiger partial charge in [0.2, 0.25) is 0 Å². The maximum Gasteiger partial charge on any atom is 0.126 e. The van der Waals surface area contributed by atoms with Crippen LogP contribution in [0.1, 0.15) is 30.2 Å². The summed E-state index contributed by atoms with van der Waals surface area (Å²) in [7, 11) is 3.71. The lowest BCUT2D eigenvalue weighted by Gasteiger charge is -2.30. The Morgan fingerprint density at radius 3 is 3.08 bits per heavy atom. The molecule has 24 heavy (non-hydrogen) atoms. The van der Waals surface area contributed by atoms with Crippen molar-refractivity contribution in [1.29, 1.82) is 0 Å². The number of para-hydroxylation sites is 1. The second-order valence-corrected chi connectivity index (χ2v) is 6.06. The third-order valence-corrected chi connectivity index (χ3v) is 4.43. The molecule has 2 atom stereocenters. The molecule has 2 unspecified atom stereocenters. The van der Waals surface area contributed by atoms with Crippen molar-refractivity contribution >= 4 is 6.08 Å². The fourth-order valence-electron chi connectivity index (χ4n) is 3.09. The topological polar surface area (TPSA) is 48.3 Å². The minimum atomic E-state index is 0.127. The zero-order valence-corrected chi connectivity index (χ0v) is 14.3. The molecular formula is C19H25N3O2. The van der Waals surface area contributed by atoms with E-state index in [1.165, 1.54) is 0 Å². The number of imidazole rings is 1. The summed E-state index contributed by atoms with van der Waals surface area (Å²) in [6.07, 6.45) is 10.1. The highest BCUT2D eigenvalue weighted by molar-refractivity contribution is 5.57. The molecule has 3 rings (SSSR count). The van der Waals surface area contributed by atoms with Crippen molar-refractivity contribution in [1.82, 2.24) is 14.9 Å². The first-order chi connectivity index (χ1) is 11.8. The van der Waals surface area contributed by atoms with Crippen LogP contribution >= 0.6 is 0 Å². The quantitative estimate of drug-likeness (QED) is 0.886. The molecule has 1 fully saturated rings. The Balaban J connectivity index is 1.51. The van der Waals surface area contributed by atoms with Gasteiger partial charge in [0.15, 0.2) is 0 Å². The van der Waals surface area contributed by atoms with E-state index < -0.39 is 0 Å². The van der Waals surface area contributed by atoms with Crippen molar-refractivity contribution in [2.24, 2.45) is 7.05 Å². The highest BCUT2D eigenvalue weighted by Gasteiger charge is 2.25. The smallest absolute Gasteiger partial charge is 0.126 e. The Morgan fingerprint density at radius 2 is 2.29 bits per heavy atom. The maximum absolute atomic E-state index is 5.90. The Labute approximate surface area is 143 Å². The van der Waals surface area contributed by atoms with Gasteiger partial charge >= 0.3 is 0 Å². The van der Waals surface area contributed by atoms with Gasteiger partial charge in [-0.15, -0.1) is 0 Å². The van der Waals surface area contributed by atoms with E-state index in [4.69, 9.17) is 9.47 Å². The van der Waals surface area contributed by atoms with Crippen LogP contribution in [0.5, 0.6) is 5.75 Å². The summed E-state index contributed by atoms with van der Waals surface area (Å²) in [6.45, 7) is 1.62. The Hall–Kier alpha value is -2.11. The van der Waals surface area contributed by atoms with Crippen molar-refractivity contribution in [3.63, 3.8) is 0 Å². The number of nitrogens with zero attached hydrogens (tertiary/aromatic N) is 2. The van der Waals surface area contributed by atoms with Gasteiger partial charge in [0.25, 0.3) is 0 Å².